The molecule has 0 amide bonds. The van der Waals surface area contributed by atoms with Crippen molar-refractivity contribution in [2.24, 2.45) is 0 Å². The summed E-state index contributed by atoms with van der Waals surface area (Å²) in [7, 11) is 0. The maximum Gasteiger partial charge on any atom is 0.140 e. The van der Waals surface area contributed by atoms with Crippen LogP contribution in [-0.2, 0) is 0 Å². The largest absolute Gasteiger partial charge is 0.464 e. The highest BCUT2D eigenvalue weighted by Crippen LogP contribution is 2.16. The summed E-state index contributed by atoms with van der Waals surface area (Å²) >= 11 is 0. The Balaban J connectivity index is 2.95. The molecule has 2 rings (SSSR count). The first-order valence-corrected chi connectivity index (χ1v) is 3.01. The van der Waals surface area contributed by atoms with Gasteiger partial charge in [0.2, 0.25) is 0 Å². The first-order valence-electron chi connectivity index (χ1n) is 3.01. The normalized spacial score (nSPS) is 10.5. The van der Waals surface area contributed by atoms with Gasteiger partial charge in [0.25, 0.3) is 0 Å². The van der Waals surface area contributed by atoms with Crippen LogP contribution in [-0.4, -0.2) is 4.98 Å². The van der Waals surface area contributed by atoms with Crippen molar-refractivity contribution >= 4 is 11.0 Å². The Morgan fingerprint density at radius 3 is 3.10 bits per heavy atom. The fraction of sp³-hybridized carbons (Fsp3) is 0. The third-order valence-electron chi connectivity index (χ3n) is 1.43. The van der Waals surface area contributed by atoms with Crippen molar-refractivity contribution in [1.29, 1.82) is 0 Å². The number of rotatable bonds is 0. The van der Waals surface area contributed by atoms with E-state index in [4.69, 9.17) is 4.42 Å². The van der Waals surface area contributed by atoms with Gasteiger partial charge >= 0.3 is 0 Å². The third kappa shape index (κ3) is 0.620. The van der Waals surface area contributed by atoms with E-state index in [0.29, 0.717) is 0 Å². The summed E-state index contributed by atoms with van der Waals surface area (Å²) in [5.74, 6) is 0. The average molecular weight is 132 g/mol. The molecule has 0 saturated carbocycles. The lowest BCUT2D eigenvalue weighted by atomic mass is 10.2. The maximum absolute atomic E-state index is 5.15. The smallest absolute Gasteiger partial charge is 0.140 e. The van der Waals surface area contributed by atoms with Gasteiger partial charge in [-0.05, 0) is 13.0 Å². The van der Waals surface area contributed by atoms with Gasteiger partial charge in [-0.3, -0.25) is 4.98 Å². The van der Waals surface area contributed by atoms with Crippen molar-refractivity contribution in [3.63, 3.8) is 0 Å². The molecule has 10 heavy (non-hydrogen) atoms. The zero-order chi connectivity index (χ0) is 6.97. The second-order valence-electron chi connectivity index (χ2n) is 2.14. The Hall–Kier alpha value is -1.31. The summed E-state index contributed by atoms with van der Waals surface area (Å²) in [6.45, 7) is 3.76. The van der Waals surface area contributed by atoms with E-state index < -0.39 is 0 Å². The quantitative estimate of drug-likeness (QED) is 0.548. The van der Waals surface area contributed by atoms with Gasteiger partial charge in [-0.15, -0.1) is 0 Å². The number of nitrogens with zero attached hydrogens (tertiary/aromatic N) is 1. The molecule has 2 heteroatoms. The van der Waals surface area contributed by atoms with Crippen LogP contribution in [0.2, 0.25) is 0 Å². The van der Waals surface area contributed by atoms with Crippen LogP contribution in [0.25, 0.3) is 11.0 Å². The van der Waals surface area contributed by atoms with E-state index in [-0.39, 0.29) is 0 Å². The fourth-order valence-electron chi connectivity index (χ4n) is 0.948. The second kappa shape index (κ2) is 1.84. The van der Waals surface area contributed by atoms with Gasteiger partial charge in [-0.25, -0.2) is 0 Å². The molecule has 49 valence electrons. The van der Waals surface area contributed by atoms with Crippen LogP contribution in [0.4, 0.5) is 0 Å². The standard InChI is InChI=1S/C8H6NO/c1-6-4-9-5-7-2-3-10-8(6)7/h2-5H,1H2. The summed E-state index contributed by atoms with van der Waals surface area (Å²) < 4.78 is 5.15. The lowest BCUT2D eigenvalue weighted by Crippen LogP contribution is -1.74. The summed E-state index contributed by atoms with van der Waals surface area (Å²) in [6, 6.07) is 1.87. The number of hydrogen-bond donors (Lipinski definition) is 0. The summed E-state index contributed by atoms with van der Waals surface area (Å²) in [5.41, 5.74) is 1.66. The number of pyridine rings is 1. The van der Waals surface area contributed by atoms with Gasteiger partial charge in [-0.1, -0.05) is 0 Å². The molecule has 2 aromatic heterocycles. The van der Waals surface area contributed by atoms with Gasteiger partial charge in [0.1, 0.15) is 5.58 Å². The summed E-state index contributed by atoms with van der Waals surface area (Å²) in [6.07, 6.45) is 5.08. The van der Waals surface area contributed by atoms with Crippen molar-refractivity contribution in [3.8, 4) is 0 Å². The Morgan fingerprint density at radius 1 is 1.40 bits per heavy atom. The first kappa shape index (κ1) is 5.47. The van der Waals surface area contributed by atoms with E-state index >= 15 is 0 Å². The van der Waals surface area contributed by atoms with Crippen molar-refractivity contribution in [2.75, 3.05) is 0 Å². The topological polar surface area (TPSA) is 26.0 Å². The monoisotopic (exact) mass is 132 g/mol. The Bertz CT molecular complexity index is 351. The number of hydrogen-bond acceptors (Lipinski definition) is 2. The molecule has 0 atom stereocenters. The van der Waals surface area contributed by atoms with Crippen LogP contribution >= 0.6 is 0 Å². The van der Waals surface area contributed by atoms with Crippen molar-refractivity contribution in [3.05, 3.63) is 37.2 Å². The molecule has 0 saturated heterocycles. The molecule has 0 aliphatic carbocycles. The number of fused-ring (bicyclic) bond motifs is 1. The zero-order valence-corrected chi connectivity index (χ0v) is 5.37. The molecule has 2 nitrogen and oxygen atoms in total. The Labute approximate surface area is 58.5 Å². The molecule has 0 fully saturated rings. The average Bonchev–Trinajstić information content (AvgIpc) is 2.36. The molecule has 2 heterocycles. The highest BCUT2D eigenvalue weighted by atomic mass is 16.3. The van der Waals surface area contributed by atoms with Crippen molar-refractivity contribution in [2.45, 2.75) is 0 Å². The van der Waals surface area contributed by atoms with Crippen LogP contribution in [0, 0.1) is 6.92 Å². The van der Waals surface area contributed by atoms with Crippen LogP contribution in [0.3, 0.4) is 0 Å². The highest BCUT2D eigenvalue weighted by Gasteiger charge is 1.97. The third-order valence-corrected chi connectivity index (χ3v) is 1.43. The lowest BCUT2D eigenvalue weighted by Gasteiger charge is -1.89. The SMILES string of the molecule is [CH2]c1cncc2ccoc12. The highest BCUT2D eigenvalue weighted by molar-refractivity contribution is 5.79. The zero-order valence-electron chi connectivity index (χ0n) is 5.37. The van der Waals surface area contributed by atoms with E-state index in [9.17, 15) is 0 Å². The van der Waals surface area contributed by atoms with Gasteiger partial charge < -0.3 is 4.42 Å². The molecule has 0 unspecified atom stereocenters. The predicted molar refractivity (Wildman–Crippen MR) is 38.5 cm³/mol. The van der Waals surface area contributed by atoms with Crippen molar-refractivity contribution in [1.82, 2.24) is 4.98 Å². The van der Waals surface area contributed by atoms with Crippen LogP contribution in [0.1, 0.15) is 5.56 Å². The first-order chi connectivity index (χ1) is 4.88. The van der Waals surface area contributed by atoms with E-state index in [1.165, 1.54) is 0 Å². The van der Waals surface area contributed by atoms with Crippen LogP contribution in [0.5, 0.6) is 0 Å². The van der Waals surface area contributed by atoms with Gasteiger partial charge in [0.05, 0.1) is 6.26 Å². The Kier molecular flexibility index (Phi) is 1.01. The summed E-state index contributed by atoms with van der Waals surface area (Å²) in [4.78, 5) is 3.96. The molecule has 0 spiro atoms. The van der Waals surface area contributed by atoms with E-state index in [1.54, 1.807) is 18.7 Å². The molecule has 0 aliphatic rings. The molecule has 0 aromatic carbocycles. The predicted octanol–water partition coefficient (Wildman–Crippen LogP) is 2.01. The minimum absolute atomic E-state index is 0.829. The minimum Gasteiger partial charge on any atom is -0.464 e. The molecule has 0 N–H and O–H groups in total. The fourth-order valence-corrected chi connectivity index (χ4v) is 0.948. The van der Waals surface area contributed by atoms with Gasteiger partial charge in [0.15, 0.2) is 0 Å². The number of furan rings is 1. The Morgan fingerprint density at radius 2 is 2.30 bits per heavy atom. The van der Waals surface area contributed by atoms with E-state index in [2.05, 4.69) is 11.9 Å². The number of aromatic nitrogens is 1. The molecular formula is C8H6NO. The molecular weight excluding hydrogens is 126 g/mol. The second-order valence-corrected chi connectivity index (χ2v) is 2.14. The van der Waals surface area contributed by atoms with Gasteiger partial charge in [-0.2, -0.15) is 0 Å². The van der Waals surface area contributed by atoms with E-state index in [0.717, 1.165) is 16.5 Å². The van der Waals surface area contributed by atoms with Crippen LogP contribution < -0.4 is 0 Å². The molecule has 0 bridgehead atoms. The van der Waals surface area contributed by atoms with Crippen LogP contribution in [0.15, 0.2) is 29.1 Å². The minimum atomic E-state index is 0.829. The lowest BCUT2D eigenvalue weighted by molar-refractivity contribution is 0.614. The van der Waals surface area contributed by atoms with Gasteiger partial charge in [0, 0.05) is 23.3 Å². The maximum atomic E-state index is 5.15. The summed E-state index contributed by atoms with van der Waals surface area (Å²) in [5, 5.41) is 1.01. The van der Waals surface area contributed by atoms with E-state index in [1.807, 2.05) is 6.07 Å². The molecule has 1 radical (unpaired) electrons. The van der Waals surface area contributed by atoms with Crippen molar-refractivity contribution < 1.29 is 4.42 Å². The molecule has 0 aliphatic heterocycles. The molecule has 2 aromatic rings.